The minimum absolute atomic E-state index is 0.00736. The van der Waals surface area contributed by atoms with Crippen LogP contribution in [0.2, 0.25) is 0 Å². The summed E-state index contributed by atoms with van der Waals surface area (Å²) in [6, 6.07) is 15.5. The zero-order valence-corrected chi connectivity index (χ0v) is 19.5. The van der Waals surface area contributed by atoms with Gasteiger partial charge in [-0.3, -0.25) is 14.4 Å². The number of carbonyl (C=O) groups excluding carboxylic acids is 3. The quantitative estimate of drug-likeness (QED) is 0.628. The Morgan fingerprint density at radius 2 is 1.74 bits per heavy atom. The summed E-state index contributed by atoms with van der Waals surface area (Å²) >= 11 is 0. The predicted octanol–water partition coefficient (Wildman–Crippen LogP) is 3.87. The molecule has 0 aliphatic carbocycles. The number of esters is 1. The largest absolute Gasteiger partial charge is 0.466 e. The fourth-order valence-electron chi connectivity index (χ4n) is 5.10. The van der Waals surface area contributed by atoms with Crippen molar-refractivity contribution in [1.29, 1.82) is 0 Å². The summed E-state index contributed by atoms with van der Waals surface area (Å²) < 4.78 is 18.9. The van der Waals surface area contributed by atoms with Gasteiger partial charge in [0.05, 0.1) is 18.4 Å². The summed E-state index contributed by atoms with van der Waals surface area (Å²) in [5, 5.41) is 0. The van der Waals surface area contributed by atoms with Crippen molar-refractivity contribution in [1.82, 2.24) is 9.80 Å². The van der Waals surface area contributed by atoms with Crippen molar-refractivity contribution in [3.05, 3.63) is 71.5 Å². The number of hydrogen-bond acceptors (Lipinski definition) is 4. The lowest BCUT2D eigenvalue weighted by Gasteiger charge is -2.40. The van der Waals surface area contributed by atoms with Crippen molar-refractivity contribution < 1.29 is 23.5 Å². The first-order chi connectivity index (χ1) is 16.5. The molecule has 0 bridgehead atoms. The van der Waals surface area contributed by atoms with Crippen molar-refractivity contribution >= 4 is 17.8 Å². The molecule has 0 aromatic heterocycles. The van der Waals surface area contributed by atoms with Gasteiger partial charge >= 0.3 is 5.97 Å². The van der Waals surface area contributed by atoms with Crippen molar-refractivity contribution in [2.75, 3.05) is 32.8 Å². The fraction of sp³-hybridized carbons (Fsp3) is 0.444. The van der Waals surface area contributed by atoms with Crippen LogP contribution in [0.25, 0.3) is 0 Å². The molecule has 34 heavy (non-hydrogen) atoms. The van der Waals surface area contributed by atoms with Gasteiger partial charge in [-0.2, -0.15) is 0 Å². The predicted molar refractivity (Wildman–Crippen MR) is 126 cm³/mol. The van der Waals surface area contributed by atoms with Crippen LogP contribution < -0.4 is 0 Å². The summed E-state index contributed by atoms with van der Waals surface area (Å²) in [6.07, 6.45) is 2.08. The van der Waals surface area contributed by atoms with E-state index in [1.807, 2.05) is 30.3 Å². The normalized spacial score (nSPS) is 22.8. The molecule has 0 saturated carbocycles. The molecule has 0 unspecified atom stereocenters. The van der Waals surface area contributed by atoms with Gasteiger partial charge in [0.1, 0.15) is 5.82 Å². The van der Waals surface area contributed by atoms with Gasteiger partial charge in [0.2, 0.25) is 5.91 Å². The average Bonchev–Trinajstić information content (AvgIpc) is 2.88. The highest BCUT2D eigenvalue weighted by Gasteiger charge is 2.38. The molecule has 2 heterocycles. The Kier molecular flexibility index (Phi) is 7.60. The average molecular weight is 467 g/mol. The van der Waals surface area contributed by atoms with E-state index in [1.165, 1.54) is 18.2 Å². The van der Waals surface area contributed by atoms with Gasteiger partial charge in [-0.05, 0) is 49.9 Å². The van der Waals surface area contributed by atoms with Gasteiger partial charge in [0.25, 0.3) is 5.91 Å². The lowest BCUT2D eigenvalue weighted by molar-refractivity contribution is -0.152. The topological polar surface area (TPSA) is 66.9 Å². The first-order valence-corrected chi connectivity index (χ1v) is 12.0. The molecule has 180 valence electrons. The maximum Gasteiger partial charge on any atom is 0.310 e. The lowest BCUT2D eigenvalue weighted by Crippen LogP contribution is -2.51. The van der Waals surface area contributed by atoms with E-state index in [9.17, 15) is 18.8 Å². The van der Waals surface area contributed by atoms with Gasteiger partial charge in [-0.15, -0.1) is 0 Å². The Labute approximate surface area is 199 Å². The summed E-state index contributed by atoms with van der Waals surface area (Å²) in [4.78, 5) is 42.5. The molecule has 4 rings (SSSR count). The molecule has 6 nitrogen and oxygen atoms in total. The molecule has 2 amide bonds. The van der Waals surface area contributed by atoms with Crippen LogP contribution in [0.4, 0.5) is 4.39 Å². The van der Waals surface area contributed by atoms with Crippen LogP contribution in [-0.2, 0) is 14.3 Å². The number of halogens is 1. The number of carbonyl (C=O) groups is 3. The van der Waals surface area contributed by atoms with Crippen LogP contribution >= 0.6 is 0 Å². The molecule has 7 heteroatoms. The van der Waals surface area contributed by atoms with Crippen LogP contribution in [0.5, 0.6) is 0 Å². The van der Waals surface area contributed by atoms with Crippen molar-refractivity contribution in [2.24, 2.45) is 11.8 Å². The zero-order chi connectivity index (χ0) is 24.1. The Morgan fingerprint density at radius 3 is 2.47 bits per heavy atom. The third-order valence-electron chi connectivity index (χ3n) is 6.78. The van der Waals surface area contributed by atoms with Crippen LogP contribution in [-0.4, -0.2) is 60.4 Å². The molecule has 0 N–H and O–H groups in total. The molecule has 0 spiro atoms. The highest BCUT2D eigenvalue weighted by Crippen LogP contribution is 2.33. The highest BCUT2D eigenvalue weighted by molar-refractivity contribution is 5.95. The second-order valence-electron chi connectivity index (χ2n) is 9.14. The molecule has 2 aliphatic heterocycles. The Morgan fingerprint density at radius 1 is 0.971 bits per heavy atom. The van der Waals surface area contributed by atoms with E-state index < -0.39 is 11.7 Å². The molecule has 2 saturated heterocycles. The molecule has 3 atom stereocenters. The van der Waals surface area contributed by atoms with Crippen LogP contribution in [0.1, 0.15) is 48.0 Å². The molecular weight excluding hydrogens is 435 g/mol. The fourth-order valence-corrected chi connectivity index (χ4v) is 5.10. The van der Waals surface area contributed by atoms with Crippen molar-refractivity contribution in [3.8, 4) is 0 Å². The number of benzene rings is 2. The van der Waals surface area contributed by atoms with E-state index in [-0.39, 0.29) is 41.7 Å². The summed E-state index contributed by atoms with van der Waals surface area (Å²) in [5.74, 6) is -1.74. The van der Waals surface area contributed by atoms with Gasteiger partial charge in [0.15, 0.2) is 0 Å². The van der Waals surface area contributed by atoms with Gasteiger partial charge < -0.3 is 14.5 Å². The monoisotopic (exact) mass is 466 g/mol. The second kappa shape index (κ2) is 10.8. The third-order valence-corrected chi connectivity index (χ3v) is 6.78. The number of likely N-dealkylation sites (tertiary alicyclic amines) is 2. The zero-order valence-electron chi connectivity index (χ0n) is 19.5. The molecule has 0 radical (unpaired) electrons. The van der Waals surface area contributed by atoms with Gasteiger partial charge in [-0.1, -0.05) is 36.4 Å². The smallest absolute Gasteiger partial charge is 0.310 e. The first kappa shape index (κ1) is 23.9. The molecule has 2 fully saturated rings. The minimum Gasteiger partial charge on any atom is -0.466 e. The number of piperidine rings is 2. The number of rotatable bonds is 5. The summed E-state index contributed by atoms with van der Waals surface area (Å²) in [5.41, 5.74) is 1.35. The number of nitrogens with zero attached hydrogens (tertiary/aromatic N) is 2. The second-order valence-corrected chi connectivity index (χ2v) is 9.14. The summed E-state index contributed by atoms with van der Waals surface area (Å²) in [6.45, 7) is 3.79. The molecule has 2 aliphatic rings. The minimum atomic E-state index is -0.464. The molecular formula is C27H31FN2O4. The third kappa shape index (κ3) is 5.46. The van der Waals surface area contributed by atoms with E-state index in [4.69, 9.17) is 4.74 Å². The van der Waals surface area contributed by atoms with E-state index in [0.29, 0.717) is 39.1 Å². The Bertz CT molecular complexity index is 1030. The van der Waals surface area contributed by atoms with E-state index in [2.05, 4.69) is 0 Å². The maximum absolute atomic E-state index is 13.8. The Balaban J connectivity index is 1.55. The molecule has 2 aromatic rings. The van der Waals surface area contributed by atoms with E-state index in [0.717, 1.165) is 12.0 Å². The van der Waals surface area contributed by atoms with Crippen LogP contribution in [0, 0.1) is 17.7 Å². The van der Waals surface area contributed by atoms with Crippen molar-refractivity contribution in [2.45, 2.75) is 32.1 Å². The van der Waals surface area contributed by atoms with Crippen LogP contribution in [0.3, 0.4) is 0 Å². The standard InChI is InChI=1S/C27H31FN2O4/c1-2-34-27(33)21-11-7-13-29(16-21)26(32)23-14-22(19-8-4-3-5-9-19)17-30(18-23)25(31)20-10-6-12-24(28)15-20/h3-6,8-10,12,15,21-23H,2,7,11,13-14,16-18H2,1H3/t21-,22-,23+/m1/s1. The van der Waals surface area contributed by atoms with Gasteiger partial charge in [-0.25, -0.2) is 4.39 Å². The lowest BCUT2D eigenvalue weighted by atomic mass is 9.83. The first-order valence-electron chi connectivity index (χ1n) is 12.0. The maximum atomic E-state index is 13.8. The number of amides is 2. The van der Waals surface area contributed by atoms with E-state index in [1.54, 1.807) is 22.8 Å². The highest BCUT2D eigenvalue weighted by atomic mass is 19.1. The summed E-state index contributed by atoms with van der Waals surface area (Å²) in [7, 11) is 0. The Hall–Kier alpha value is -3.22. The SMILES string of the molecule is CCOC(=O)[C@@H]1CCCN(C(=O)[C@H]2C[C@@H](c3ccccc3)CN(C(=O)c3cccc(F)c3)C2)C1. The number of hydrogen-bond donors (Lipinski definition) is 0. The van der Waals surface area contributed by atoms with E-state index >= 15 is 0 Å². The number of ether oxygens (including phenoxy) is 1. The molecule has 2 aromatic carbocycles. The van der Waals surface area contributed by atoms with Crippen molar-refractivity contribution in [3.63, 3.8) is 0 Å². The van der Waals surface area contributed by atoms with Gasteiger partial charge in [0, 0.05) is 37.7 Å². The van der Waals surface area contributed by atoms with Crippen LogP contribution in [0.15, 0.2) is 54.6 Å².